The van der Waals surface area contributed by atoms with E-state index in [0.29, 0.717) is 24.4 Å². The van der Waals surface area contributed by atoms with Crippen molar-refractivity contribution < 1.29 is 9.90 Å². The summed E-state index contributed by atoms with van der Waals surface area (Å²) in [5, 5.41) is 17.1. The van der Waals surface area contributed by atoms with Crippen molar-refractivity contribution in [3.8, 4) is 11.3 Å². The molecule has 142 valence electrons. The van der Waals surface area contributed by atoms with Gasteiger partial charge in [0.1, 0.15) is 22.7 Å². The molecule has 3 aromatic heterocycles. The third-order valence-electron chi connectivity index (χ3n) is 5.36. The molecule has 0 spiro atoms. The summed E-state index contributed by atoms with van der Waals surface area (Å²) in [6.07, 6.45) is 2.52. The normalized spacial score (nSPS) is 17.4. The first-order chi connectivity index (χ1) is 13.6. The molecule has 9 nitrogen and oxygen atoms in total. The predicted molar refractivity (Wildman–Crippen MR) is 105 cm³/mol. The van der Waals surface area contributed by atoms with Crippen LogP contribution in [-0.2, 0) is 0 Å². The molecular formula is C19H19N7O2. The molecule has 0 saturated carbocycles. The van der Waals surface area contributed by atoms with Gasteiger partial charge in [-0.2, -0.15) is 5.10 Å². The summed E-state index contributed by atoms with van der Waals surface area (Å²) < 4.78 is 0. The number of hydrogen-bond donors (Lipinski definition) is 4. The number of anilines is 1. The van der Waals surface area contributed by atoms with Crippen molar-refractivity contribution in [3.63, 3.8) is 0 Å². The number of hydrogen-bond acceptors (Lipinski definition) is 5. The van der Waals surface area contributed by atoms with E-state index < -0.39 is 6.09 Å². The number of rotatable bonds is 2. The molecule has 1 aromatic carbocycles. The number of benzene rings is 1. The molecule has 1 fully saturated rings. The van der Waals surface area contributed by atoms with E-state index in [1.807, 2.05) is 24.3 Å². The first kappa shape index (κ1) is 16.5. The lowest BCUT2D eigenvalue weighted by Crippen LogP contribution is -2.38. The molecule has 0 unspecified atom stereocenters. The first-order valence-corrected chi connectivity index (χ1v) is 9.16. The van der Waals surface area contributed by atoms with Crippen molar-refractivity contribution >= 4 is 33.8 Å². The predicted octanol–water partition coefficient (Wildman–Crippen LogP) is 2.94. The second kappa shape index (κ2) is 6.22. The number of nitrogens with zero attached hydrogens (tertiary/aromatic N) is 4. The van der Waals surface area contributed by atoms with Crippen LogP contribution in [0.3, 0.4) is 0 Å². The highest BCUT2D eigenvalue weighted by molar-refractivity contribution is 6.07. The summed E-state index contributed by atoms with van der Waals surface area (Å²) in [7, 11) is 0. The van der Waals surface area contributed by atoms with Crippen molar-refractivity contribution in [2.24, 2.45) is 0 Å². The van der Waals surface area contributed by atoms with Crippen LogP contribution in [0.1, 0.15) is 24.6 Å². The standard InChI is InChI=1S/C19H19N7O2/c20-17-16-15(23-18(24-16)11-2-1-7-26(9-11)19(27)28)12-4-3-10(8-14(12)22-17)13-5-6-21-25-13/h3-6,8,11H,1-2,7,9H2,(H2,20,22)(H,21,25)(H,23,24)(H,27,28)/t11-/m0/s1. The number of carbonyl (C=O) groups is 1. The van der Waals surface area contributed by atoms with Crippen molar-refractivity contribution in [1.29, 1.82) is 0 Å². The van der Waals surface area contributed by atoms with E-state index in [-0.39, 0.29) is 5.92 Å². The van der Waals surface area contributed by atoms with Crippen molar-refractivity contribution in [3.05, 3.63) is 36.3 Å². The Labute approximate surface area is 159 Å². The molecule has 1 atom stereocenters. The molecule has 28 heavy (non-hydrogen) atoms. The number of fused-ring (bicyclic) bond motifs is 3. The molecule has 0 radical (unpaired) electrons. The van der Waals surface area contributed by atoms with Crippen LogP contribution in [-0.4, -0.2) is 54.3 Å². The zero-order valence-electron chi connectivity index (χ0n) is 15.0. The lowest BCUT2D eigenvalue weighted by Gasteiger charge is -2.29. The molecular weight excluding hydrogens is 358 g/mol. The van der Waals surface area contributed by atoms with Crippen LogP contribution in [0.2, 0.25) is 0 Å². The first-order valence-electron chi connectivity index (χ1n) is 9.16. The van der Waals surface area contributed by atoms with E-state index in [2.05, 4.69) is 20.2 Å². The monoisotopic (exact) mass is 377 g/mol. The Balaban J connectivity index is 1.60. The van der Waals surface area contributed by atoms with E-state index in [1.165, 1.54) is 4.90 Å². The SMILES string of the molecule is Nc1nc2cc(-c3ccn[nH]3)ccc2c2nc([C@H]3CCCN(C(=O)O)C3)[nH]c12. The second-order valence-electron chi connectivity index (χ2n) is 7.11. The van der Waals surface area contributed by atoms with Crippen molar-refractivity contribution in [2.75, 3.05) is 18.8 Å². The number of imidazole rings is 1. The van der Waals surface area contributed by atoms with E-state index >= 15 is 0 Å². The fourth-order valence-electron chi connectivity index (χ4n) is 3.93. The lowest BCUT2D eigenvalue weighted by atomic mass is 9.98. The molecule has 5 N–H and O–H groups in total. The fraction of sp³-hybridized carbons (Fsp3) is 0.263. The number of piperidine rings is 1. The van der Waals surface area contributed by atoms with E-state index in [1.54, 1.807) is 6.20 Å². The number of H-pyrrole nitrogens is 2. The molecule has 4 aromatic rings. The minimum absolute atomic E-state index is 0.0240. The minimum atomic E-state index is -0.890. The number of amides is 1. The van der Waals surface area contributed by atoms with E-state index in [9.17, 15) is 9.90 Å². The zero-order valence-corrected chi connectivity index (χ0v) is 15.0. The molecule has 4 heterocycles. The summed E-state index contributed by atoms with van der Waals surface area (Å²) >= 11 is 0. The molecule has 0 aliphatic carbocycles. The average Bonchev–Trinajstić information content (AvgIpc) is 3.38. The van der Waals surface area contributed by atoms with Gasteiger partial charge in [-0.3, -0.25) is 5.10 Å². The highest BCUT2D eigenvalue weighted by Gasteiger charge is 2.27. The highest BCUT2D eigenvalue weighted by Crippen LogP contribution is 2.32. The van der Waals surface area contributed by atoms with Crippen LogP contribution in [0.25, 0.3) is 33.2 Å². The fourth-order valence-corrected chi connectivity index (χ4v) is 3.93. The smallest absolute Gasteiger partial charge is 0.407 e. The zero-order chi connectivity index (χ0) is 19.3. The van der Waals surface area contributed by atoms with Crippen molar-refractivity contribution in [1.82, 2.24) is 30.0 Å². The van der Waals surface area contributed by atoms with Gasteiger partial charge in [-0.15, -0.1) is 0 Å². The number of nitrogens with two attached hydrogens (primary N) is 1. The Hall–Kier alpha value is -3.62. The van der Waals surface area contributed by atoms with Crippen LogP contribution < -0.4 is 5.73 Å². The topological polar surface area (TPSA) is 137 Å². The summed E-state index contributed by atoms with van der Waals surface area (Å²) in [4.78, 5) is 25.4. The van der Waals surface area contributed by atoms with Gasteiger partial charge in [0.15, 0.2) is 0 Å². The van der Waals surface area contributed by atoms with Crippen LogP contribution in [0, 0.1) is 0 Å². The third kappa shape index (κ3) is 2.63. The van der Waals surface area contributed by atoms with Gasteiger partial charge in [-0.25, -0.2) is 14.8 Å². The Bertz CT molecular complexity index is 1180. The maximum absolute atomic E-state index is 11.3. The van der Waals surface area contributed by atoms with Crippen LogP contribution >= 0.6 is 0 Å². The Morgan fingerprint density at radius 1 is 1.29 bits per heavy atom. The summed E-state index contributed by atoms with van der Waals surface area (Å²) in [5.74, 6) is 1.17. The van der Waals surface area contributed by atoms with Crippen LogP contribution in [0.4, 0.5) is 10.6 Å². The number of aromatic nitrogens is 5. The number of pyridine rings is 1. The molecule has 1 aliphatic rings. The molecule has 5 rings (SSSR count). The van der Waals surface area contributed by atoms with Crippen LogP contribution in [0.15, 0.2) is 30.5 Å². The maximum atomic E-state index is 11.3. The van der Waals surface area contributed by atoms with Crippen molar-refractivity contribution in [2.45, 2.75) is 18.8 Å². The Morgan fingerprint density at radius 3 is 2.96 bits per heavy atom. The Kier molecular flexibility index (Phi) is 3.68. The van der Waals surface area contributed by atoms with Gasteiger partial charge < -0.3 is 20.7 Å². The van der Waals surface area contributed by atoms with Gasteiger partial charge in [0.05, 0.1) is 11.2 Å². The highest BCUT2D eigenvalue weighted by atomic mass is 16.4. The molecule has 0 bridgehead atoms. The van der Waals surface area contributed by atoms with E-state index in [4.69, 9.17) is 10.7 Å². The van der Waals surface area contributed by atoms with Crippen LogP contribution in [0.5, 0.6) is 0 Å². The maximum Gasteiger partial charge on any atom is 0.407 e. The van der Waals surface area contributed by atoms with Gasteiger partial charge in [-0.1, -0.05) is 6.07 Å². The molecule has 9 heteroatoms. The van der Waals surface area contributed by atoms with Gasteiger partial charge >= 0.3 is 6.09 Å². The number of carboxylic acid groups (broad SMARTS) is 1. The van der Waals surface area contributed by atoms with E-state index in [0.717, 1.165) is 46.3 Å². The largest absolute Gasteiger partial charge is 0.465 e. The third-order valence-corrected chi connectivity index (χ3v) is 5.36. The molecule has 1 aliphatic heterocycles. The second-order valence-corrected chi connectivity index (χ2v) is 7.11. The lowest BCUT2D eigenvalue weighted by molar-refractivity contribution is 0.129. The summed E-state index contributed by atoms with van der Waals surface area (Å²) in [5.41, 5.74) is 10.3. The summed E-state index contributed by atoms with van der Waals surface area (Å²) in [6, 6.07) is 7.83. The number of nitrogens with one attached hydrogen (secondary N) is 2. The number of aromatic amines is 2. The number of likely N-dealkylation sites (tertiary alicyclic amines) is 1. The minimum Gasteiger partial charge on any atom is -0.465 e. The van der Waals surface area contributed by atoms with Gasteiger partial charge in [0, 0.05) is 36.2 Å². The molecule has 1 saturated heterocycles. The van der Waals surface area contributed by atoms with Gasteiger partial charge in [0.2, 0.25) is 0 Å². The average molecular weight is 377 g/mol. The van der Waals surface area contributed by atoms with Gasteiger partial charge in [-0.05, 0) is 31.0 Å². The summed E-state index contributed by atoms with van der Waals surface area (Å²) in [6.45, 7) is 0.999. The molecule has 1 amide bonds. The number of nitrogen functional groups attached to an aromatic ring is 1. The Morgan fingerprint density at radius 2 is 2.18 bits per heavy atom. The van der Waals surface area contributed by atoms with Gasteiger partial charge in [0.25, 0.3) is 0 Å². The quantitative estimate of drug-likeness (QED) is 0.424.